The highest BCUT2D eigenvalue weighted by atomic mass is 16.5. The van der Waals surface area contributed by atoms with E-state index in [1.54, 1.807) is 6.92 Å². The van der Waals surface area contributed by atoms with Crippen LogP contribution in [0.5, 0.6) is 0 Å². The van der Waals surface area contributed by atoms with E-state index in [1.807, 2.05) is 0 Å². The highest BCUT2D eigenvalue weighted by Gasteiger charge is 2.14. The maximum absolute atomic E-state index is 11.0. The lowest BCUT2D eigenvalue weighted by Gasteiger charge is -2.21. The van der Waals surface area contributed by atoms with Crippen molar-refractivity contribution in [3.63, 3.8) is 0 Å². The molecule has 14 heavy (non-hydrogen) atoms. The van der Waals surface area contributed by atoms with Gasteiger partial charge in [-0.25, -0.2) is 4.79 Å². The van der Waals surface area contributed by atoms with E-state index in [-0.39, 0.29) is 12.1 Å². The molecule has 0 aromatic heterocycles. The number of nitrogens with two attached hydrogens (primary N) is 1. The van der Waals surface area contributed by atoms with E-state index in [1.165, 1.54) is 0 Å². The Morgan fingerprint density at radius 2 is 1.93 bits per heavy atom. The van der Waals surface area contributed by atoms with Crippen molar-refractivity contribution >= 4 is 6.09 Å². The van der Waals surface area contributed by atoms with Gasteiger partial charge in [-0.15, -0.1) is 0 Å². The number of amides is 1. The third kappa shape index (κ3) is 5.07. The molecule has 0 saturated heterocycles. The van der Waals surface area contributed by atoms with Gasteiger partial charge in [0.1, 0.15) is 0 Å². The summed E-state index contributed by atoms with van der Waals surface area (Å²) in [6.07, 6.45) is 1.71. The Bertz CT molecular complexity index is 158. The molecule has 4 nitrogen and oxygen atoms in total. The van der Waals surface area contributed by atoms with E-state index < -0.39 is 0 Å². The summed E-state index contributed by atoms with van der Waals surface area (Å²) in [5.74, 6) is 0.469. The summed E-state index contributed by atoms with van der Waals surface area (Å²) >= 11 is 0. The molecule has 0 radical (unpaired) electrons. The lowest BCUT2D eigenvalue weighted by atomic mass is 9.95. The second-order valence-corrected chi connectivity index (χ2v) is 3.34. The number of ether oxygens (including phenoxy) is 1. The largest absolute Gasteiger partial charge is 0.450 e. The van der Waals surface area contributed by atoms with Crippen molar-refractivity contribution < 1.29 is 9.53 Å². The van der Waals surface area contributed by atoms with Crippen molar-refractivity contribution in [2.45, 2.75) is 39.7 Å². The molecule has 0 aliphatic carbocycles. The molecule has 1 atom stereocenters. The molecule has 1 amide bonds. The SMILES string of the molecule is CCOC(=O)NCC(N)C(CC)CC. The predicted octanol–water partition coefficient (Wildman–Crippen LogP) is 1.50. The Morgan fingerprint density at radius 3 is 2.36 bits per heavy atom. The first-order valence-corrected chi connectivity index (χ1v) is 5.31. The average Bonchev–Trinajstić information content (AvgIpc) is 2.17. The molecule has 0 saturated carbocycles. The summed E-state index contributed by atoms with van der Waals surface area (Å²) in [6, 6.07) is 0.0226. The second kappa shape index (κ2) is 7.62. The predicted molar refractivity (Wildman–Crippen MR) is 57.1 cm³/mol. The van der Waals surface area contributed by atoms with Gasteiger partial charge in [0, 0.05) is 12.6 Å². The minimum Gasteiger partial charge on any atom is -0.450 e. The van der Waals surface area contributed by atoms with Crippen molar-refractivity contribution in [1.82, 2.24) is 5.32 Å². The van der Waals surface area contributed by atoms with Gasteiger partial charge in [0.25, 0.3) is 0 Å². The maximum Gasteiger partial charge on any atom is 0.407 e. The van der Waals surface area contributed by atoms with Crippen molar-refractivity contribution in [3.8, 4) is 0 Å². The summed E-state index contributed by atoms with van der Waals surface area (Å²) in [5.41, 5.74) is 5.91. The Balaban J connectivity index is 3.71. The third-order valence-electron chi connectivity index (χ3n) is 2.41. The number of nitrogens with one attached hydrogen (secondary N) is 1. The number of carbonyl (C=O) groups excluding carboxylic acids is 1. The van der Waals surface area contributed by atoms with Crippen LogP contribution in [0.4, 0.5) is 4.79 Å². The number of hydrogen-bond donors (Lipinski definition) is 2. The first-order valence-electron chi connectivity index (χ1n) is 5.31. The Labute approximate surface area is 86.2 Å². The van der Waals surface area contributed by atoms with Crippen LogP contribution in [0.3, 0.4) is 0 Å². The van der Waals surface area contributed by atoms with E-state index in [2.05, 4.69) is 19.2 Å². The molecule has 0 bridgehead atoms. The van der Waals surface area contributed by atoms with E-state index in [9.17, 15) is 4.79 Å². The van der Waals surface area contributed by atoms with Crippen LogP contribution in [0.15, 0.2) is 0 Å². The minimum atomic E-state index is -0.381. The summed E-state index contributed by atoms with van der Waals surface area (Å²) in [6.45, 7) is 6.88. The fourth-order valence-electron chi connectivity index (χ4n) is 1.44. The molecule has 3 N–H and O–H groups in total. The Kier molecular flexibility index (Phi) is 7.20. The number of alkyl carbamates (subject to hydrolysis) is 1. The van der Waals surface area contributed by atoms with Crippen molar-refractivity contribution in [3.05, 3.63) is 0 Å². The van der Waals surface area contributed by atoms with Gasteiger partial charge in [0.15, 0.2) is 0 Å². The molecular weight excluding hydrogens is 180 g/mol. The van der Waals surface area contributed by atoms with Crippen LogP contribution in [-0.2, 0) is 4.74 Å². The standard InChI is InChI=1S/C10H22N2O2/c1-4-8(5-2)9(11)7-12-10(13)14-6-3/h8-9H,4-7,11H2,1-3H3,(H,12,13). The number of rotatable bonds is 6. The maximum atomic E-state index is 11.0. The molecule has 84 valence electrons. The van der Waals surface area contributed by atoms with E-state index in [0.29, 0.717) is 19.1 Å². The molecule has 0 spiro atoms. The molecule has 0 fully saturated rings. The molecule has 0 rings (SSSR count). The van der Waals surface area contributed by atoms with Crippen LogP contribution in [0.25, 0.3) is 0 Å². The molecule has 0 aromatic carbocycles. The Hall–Kier alpha value is -0.770. The van der Waals surface area contributed by atoms with Gasteiger partial charge < -0.3 is 15.8 Å². The van der Waals surface area contributed by atoms with Gasteiger partial charge in [-0.05, 0) is 12.8 Å². The van der Waals surface area contributed by atoms with E-state index in [4.69, 9.17) is 10.5 Å². The summed E-state index contributed by atoms with van der Waals surface area (Å²) < 4.78 is 4.73. The zero-order valence-electron chi connectivity index (χ0n) is 9.38. The van der Waals surface area contributed by atoms with Gasteiger partial charge in [-0.1, -0.05) is 26.7 Å². The lowest BCUT2D eigenvalue weighted by molar-refractivity contribution is 0.150. The summed E-state index contributed by atoms with van der Waals surface area (Å²) in [5, 5.41) is 2.65. The number of hydrogen-bond acceptors (Lipinski definition) is 3. The fraction of sp³-hybridized carbons (Fsp3) is 0.900. The zero-order valence-corrected chi connectivity index (χ0v) is 9.38. The van der Waals surface area contributed by atoms with Gasteiger partial charge in [-0.3, -0.25) is 0 Å². The Morgan fingerprint density at radius 1 is 1.36 bits per heavy atom. The van der Waals surface area contributed by atoms with Gasteiger partial charge in [0.05, 0.1) is 6.61 Å². The first-order chi connectivity index (χ1) is 6.65. The molecule has 0 aromatic rings. The third-order valence-corrected chi connectivity index (χ3v) is 2.41. The molecule has 0 aliphatic heterocycles. The van der Waals surface area contributed by atoms with Crippen LogP contribution in [0, 0.1) is 5.92 Å². The highest BCUT2D eigenvalue weighted by Crippen LogP contribution is 2.10. The fourth-order valence-corrected chi connectivity index (χ4v) is 1.44. The topological polar surface area (TPSA) is 64.3 Å². The lowest BCUT2D eigenvalue weighted by Crippen LogP contribution is -2.42. The monoisotopic (exact) mass is 202 g/mol. The molecule has 0 heterocycles. The van der Waals surface area contributed by atoms with Crippen LogP contribution in [0.2, 0.25) is 0 Å². The first kappa shape index (κ1) is 13.2. The van der Waals surface area contributed by atoms with Crippen LogP contribution < -0.4 is 11.1 Å². The average molecular weight is 202 g/mol. The van der Waals surface area contributed by atoms with Crippen LogP contribution in [-0.4, -0.2) is 25.3 Å². The quantitative estimate of drug-likeness (QED) is 0.686. The van der Waals surface area contributed by atoms with Crippen molar-refractivity contribution in [1.29, 1.82) is 0 Å². The van der Waals surface area contributed by atoms with Gasteiger partial charge >= 0.3 is 6.09 Å². The molecule has 0 aliphatic rings. The highest BCUT2D eigenvalue weighted by molar-refractivity contribution is 5.67. The van der Waals surface area contributed by atoms with Crippen molar-refractivity contribution in [2.75, 3.05) is 13.2 Å². The summed E-state index contributed by atoms with van der Waals surface area (Å²) in [7, 11) is 0. The van der Waals surface area contributed by atoms with Crippen molar-refractivity contribution in [2.24, 2.45) is 11.7 Å². The van der Waals surface area contributed by atoms with E-state index >= 15 is 0 Å². The van der Waals surface area contributed by atoms with E-state index in [0.717, 1.165) is 12.8 Å². The smallest absolute Gasteiger partial charge is 0.407 e. The zero-order chi connectivity index (χ0) is 11.0. The van der Waals surface area contributed by atoms with Crippen LogP contribution in [0.1, 0.15) is 33.6 Å². The molecular formula is C10H22N2O2. The minimum absolute atomic E-state index is 0.0226. The normalized spacial score (nSPS) is 12.6. The molecule has 1 unspecified atom stereocenters. The summed E-state index contributed by atoms with van der Waals surface area (Å²) in [4.78, 5) is 11.0. The second-order valence-electron chi connectivity index (χ2n) is 3.34. The number of carbonyl (C=O) groups is 1. The van der Waals surface area contributed by atoms with Gasteiger partial charge in [-0.2, -0.15) is 0 Å². The molecule has 4 heteroatoms. The van der Waals surface area contributed by atoms with Gasteiger partial charge in [0.2, 0.25) is 0 Å². The van der Waals surface area contributed by atoms with Crippen LogP contribution >= 0.6 is 0 Å².